The van der Waals surface area contributed by atoms with Crippen LogP contribution in [0, 0.1) is 13.8 Å². The number of amides is 1. The van der Waals surface area contributed by atoms with Gasteiger partial charge < -0.3 is 10.1 Å². The van der Waals surface area contributed by atoms with Crippen molar-refractivity contribution >= 4 is 56.8 Å². The number of anilines is 1. The molecule has 31 heavy (non-hydrogen) atoms. The Balaban J connectivity index is 1.48. The molecule has 11 heteroatoms. The molecule has 0 radical (unpaired) electrons. The zero-order valence-electron chi connectivity index (χ0n) is 16.8. The lowest BCUT2D eigenvalue weighted by Gasteiger charge is -2.14. The van der Waals surface area contributed by atoms with E-state index in [0.717, 1.165) is 32.6 Å². The minimum absolute atomic E-state index is 0.164. The number of methoxy groups -OCH3 is 1. The maximum Gasteiger partial charge on any atom is 0.261 e. The number of fused-ring (bicyclic) bond motifs is 1. The molecule has 2 N–H and O–H groups in total. The lowest BCUT2D eigenvalue weighted by atomic mass is 10.1. The summed E-state index contributed by atoms with van der Waals surface area (Å²) in [6, 6.07) is 10.6. The predicted molar refractivity (Wildman–Crippen MR) is 125 cm³/mol. The molecule has 1 amide bonds. The first-order chi connectivity index (χ1) is 14.9. The van der Waals surface area contributed by atoms with Gasteiger partial charge in [-0.25, -0.2) is 0 Å². The van der Waals surface area contributed by atoms with Crippen molar-refractivity contribution in [1.82, 2.24) is 25.1 Å². The molecule has 0 aliphatic carbocycles. The number of aryl methyl sites for hydroxylation is 2. The Bertz CT molecular complexity index is 1320. The van der Waals surface area contributed by atoms with Crippen molar-refractivity contribution in [2.45, 2.75) is 13.8 Å². The molecule has 0 spiro atoms. The Hall–Kier alpha value is -3.08. The molecule has 0 aliphatic heterocycles. The van der Waals surface area contributed by atoms with E-state index in [1.165, 1.54) is 24.5 Å². The van der Waals surface area contributed by atoms with Gasteiger partial charge in [0.15, 0.2) is 10.9 Å². The van der Waals surface area contributed by atoms with Gasteiger partial charge in [-0.1, -0.05) is 22.9 Å². The Kier molecular flexibility index (Phi) is 5.86. The second-order valence-corrected chi connectivity index (χ2v) is 8.43. The molecule has 8 nitrogen and oxygen atoms in total. The van der Waals surface area contributed by atoms with Crippen LogP contribution in [0.2, 0.25) is 5.02 Å². The molecule has 158 valence electrons. The van der Waals surface area contributed by atoms with Crippen molar-refractivity contribution in [3.05, 3.63) is 58.4 Å². The van der Waals surface area contributed by atoms with Crippen molar-refractivity contribution in [3.8, 4) is 16.3 Å². The summed E-state index contributed by atoms with van der Waals surface area (Å²) in [7, 11) is 1.49. The number of nitrogens with one attached hydrogen (secondary N) is 2. The normalized spacial score (nSPS) is 10.8. The summed E-state index contributed by atoms with van der Waals surface area (Å²) in [5, 5.41) is 19.8. The molecule has 4 aromatic rings. The number of aromatic nitrogens is 4. The number of hydrogen-bond donors (Lipinski definition) is 2. The van der Waals surface area contributed by atoms with E-state index in [0.29, 0.717) is 16.3 Å². The van der Waals surface area contributed by atoms with Crippen LogP contribution in [0.1, 0.15) is 21.7 Å². The number of benzene rings is 2. The average molecular weight is 473 g/mol. The Labute approximate surface area is 192 Å². The molecule has 0 bridgehead atoms. The number of halogens is 1. The van der Waals surface area contributed by atoms with Crippen molar-refractivity contribution in [2.24, 2.45) is 0 Å². The molecule has 0 saturated heterocycles. The fourth-order valence-corrected chi connectivity index (χ4v) is 4.21. The van der Waals surface area contributed by atoms with Crippen LogP contribution >= 0.6 is 35.2 Å². The lowest BCUT2D eigenvalue weighted by Crippen LogP contribution is -2.34. The number of hydrogen-bond acceptors (Lipinski definition) is 7. The summed E-state index contributed by atoms with van der Waals surface area (Å²) >= 11 is 12.8. The fourth-order valence-electron chi connectivity index (χ4n) is 2.95. The average Bonchev–Trinajstić information content (AvgIpc) is 3.31. The third kappa shape index (κ3) is 4.36. The topological polar surface area (TPSA) is 93.4 Å². The van der Waals surface area contributed by atoms with Gasteiger partial charge in [0.2, 0.25) is 4.96 Å². The quantitative estimate of drug-likeness (QED) is 0.428. The van der Waals surface area contributed by atoms with Crippen molar-refractivity contribution in [3.63, 3.8) is 0 Å². The van der Waals surface area contributed by atoms with E-state index >= 15 is 0 Å². The minimum atomic E-state index is -0.416. The molecule has 2 aromatic heterocycles. The molecule has 0 saturated carbocycles. The number of ether oxygens (including phenoxy) is 1. The van der Waals surface area contributed by atoms with Crippen LogP contribution in [0.25, 0.3) is 15.5 Å². The highest BCUT2D eigenvalue weighted by Gasteiger charge is 2.15. The maximum atomic E-state index is 12.6. The van der Waals surface area contributed by atoms with Gasteiger partial charge in [0.25, 0.3) is 5.91 Å². The smallest absolute Gasteiger partial charge is 0.261 e. The standard InChI is InChI=1S/C20H17ClN6O2S2/c1-10-8-12(18-26-27-11(2)24-25-20(27)31-18)4-6-15(10)22-19(30)23-17(28)14-9-13(21)5-7-16(14)29-3/h4-9H,1-3H3,(H2,22,23,28,30). The molecule has 2 heterocycles. The van der Waals surface area contributed by atoms with Gasteiger partial charge in [-0.3, -0.25) is 10.1 Å². The monoisotopic (exact) mass is 472 g/mol. The number of thiocarbonyl (C=S) groups is 1. The summed E-state index contributed by atoms with van der Waals surface area (Å²) in [6.07, 6.45) is 0. The van der Waals surface area contributed by atoms with E-state index in [1.54, 1.807) is 16.6 Å². The van der Waals surface area contributed by atoms with Crippen LogP contribution < -0.4 is 15.4 Å². The highest BCUT2D eigenvalue weighted by molar-refractivity contribution is 7.80. The highest BCUT2D eigenvalue weighted by Crippen LogP contribution is 2.29. The summed E-state index contributed by atoms with van der Waals surface area (Å²) < 4.78 is 6.94. The number of carbonyl (C=O) groups is 1. The second-order valence-electron chi connectivity index (χ2n) is 6.63. The Morgan fingerprint density at radius 1 is 1.19 bits per heavy atom. The van der Waals surface area contributed by atoms with Gasteiger partial charge >= 0.3 is 0 Å². The summed E-state index contributed by atoms with van der Waals surface area (Å²) in [5.74, 6) is 0.733. The lowest BCUT2D eigenvalue weighted by molar-refractivity contribution is 0.0975. The van der Waals surface area contributed by atoms with E-state index in [2.05, 4.69) is 25.9 Å². The first kappa shape index (κ1) is 21.2. The minimum Gasteiger partial charge on any atom is -0.496 e. The Morgan fingerprint density at radius 2 is 2.00 bits per heavy atom. The van der Waals surface area contributed by atoms with Crippen molar-refractivity contribution in [1.29, 1.82) is 0 Å². The van der Waals surface area contributed by atoms with Gasteiger partial charge in [0.05, 0.1) is 12.7 Å². The summed E-state index contributed by atoms with van der Waals surface area (Å²) in [6.45, 7) is 3.80. The number of rotatable bonds is 4. The predicted octanol–water partition coefficient (Wildman–Crippen LogP) is 4.26. The summed E-state index contributed by atoms with van der Waals surface area (Å²) in [5.41, 5.74) is 2.96. The van der Waals surface area contributed by atoms with Crippen LogP contribution in [0.4, 0.5) is 5.69 Å². The van der Waals surface area contributed by atoms with E-state index in [1.807, 2.05) is 32.0 Å². The van der Waals surface area contributed by atoms with Crippen LogP contribution in [0.5, 0.6) is 5.75 Å². The van der Waals surface area contributed by atoms with Gasteiger partial charge in [0.1, 0.15) is 10.8 Å². The largest absolute Gasteiger partial charge is 0.496 e. The van der Waals surface area contributed by atoms with Gasteiger partial charge in [0, 0.05) is 16.3 Å². The van der Waals surface area contributed by atoms with Crippen LogP contribution in [-0.2, 0) is 0 Å². The SMILES string of the molecule is COc1ccc(Cl)cc1C(=O)NC(=S)Nc1ccc(-c2nn3c(C)nnc3s2)cc1C. The molecule has 2 aromatic carbocycles. The van der Waals surface area contributed by atoms with Gasteiger partial charge in [-0.2, -0.15) is 9.61 Å². The molecule has 4 rings (SSSR count). The third-order valence-electron chi connectivity index (χ3n) is 4.50. The fraction of sp³-hybridized carbons (Fsp3) is 0.150. The van der Waals surface area contributed by atoms with E-state index in [9.17, 15) is 4.79 Å². The zero-order chi connectivity index (χ0) is 22.1. The van der Waals surface area contributed by atoms with Crippen LogP contribution in [0.3, 0.4) is 0 Å². The molecule has 0 atom stereocenters. The van der Waals surface area contributed by atoms with Crippen molar-refractivity contribution < 1.29 is 9.53 Å². The second kappa shape index (κ2) is 8.58. The zero-order valence-corrected chi connectivity index (χ0v) is 19.2. The molecular weight excluding hydrogens is 456 g/mol. The van der Waals surface area contributed by atoms with E-state index in [4.69, 9.17) is 28.6 Å². The molecule has 0 fully saturated rings. The number of nitrogens with zero attached hydrogens (tertiary/aromatic N) is 4. The first-order valence-corrected chi connectivity index (χ1v) is 10.7. The number of carbonyl (C=O) groups excluding carboxylic acids is 1. The van der Waals surface area contributed by atoms with Gasteiger partial charge in [-0.05, 0) is 68.0 Å². The van der Waals surface area contributed by atoms with E-state index in [-0.39, 0.29) is 5.11 Å². The van der Waals surface area contributed by atoms with Gasteiger partial charge in [-0.15, -0.1) is 10.2 Å². The maximum absolute atomic E-state index is 12.6. The molecular formula is C20H17ClN6O2S2. The summed E-state index contributed by atoms with van der Waals surface area (Å²) in [4.78, 5) is 13.3. The third-order valence-corrected chi connectivity index (χ3v) is 5.89. The van der Waals surface area contributed by atoms with Crippen LogP contribution in [0.15, 0.2) is 36.4 Å². The van der Waals surface area contributed by atoms with Crippen LogP contribution in [-0.4, -0.2) is 37.9 Å². The highest BCUT2D eigenvalue weighted by atomic mass is 35.5. The first-order valence-electron chi connectivity index (χ1n) is 9.11. The Morgan fingerprint density at radius 3 is 2.71 bits per heavy atom. The van der Waals surface area contributed by atoms with E-state index < -0.39 is 5.91 Å². The molecule has 0 unspecified atom stereocenters. The van der Waals surface area contributed by atoms with Crippen molar-refractivity contribution in [2.75, 3.05) is 12.4 Å². The molecule has 0 aliphatic rings.